The first-order chi connectivity index (χ1) is 15.0. The van der Waals surface area contributed by atoms with E-state index in [0.717, 1.165) is 24.5 Å². The lowest BCUT2D eigenvalue weighted by molar-refractivity contribution is -0.198. The molecule has 3 aromatic rings. The highest BCUT2D eigenvalue weighted by molar-refractivity contribution is 5.73. The summed E-state index contributed by atoms with van der Waals surface area (Å²) >= 11 is 0. The minimum Gasteiger partial charge on any atom is -0.480 e. The molecule has 0 fully saturated rings. The third kappa shape index (κ3) is 5.58. The zero-order valence-electron chi connectivity index (χ0n) is 16.8. The van der Waals surface area contributed by atoms with Crippen molar-refractivity contribution in [1.82, 2.24) is 9.97 Å². The number of benzene rings is 2. The van der Waals surface area contributed by atoms with Crippen LogP contribution in [0.3, 0.4) is 0 Å². The van der Waals surface area contributed by atoms with Crippen molar-refractivity contribution >= 4 is 5.97 Å². The lowest BCUT2D eigenvalue weighted by Gasteiger charge is -2.23. The number of aryl methyl sites for hydroxylation is 1. The van der Waals surface area contributed by atoms with Gasteiger partial charge in [-0.3, -0.25) is 4.79 Å². The van der Waals surface area contributed by atoms with Crippen LogP contribution in [0, 0.1) is 12.7 Å². The van der Waals surface area contributed by atoms with E-state index in [2.05, 4.69) is 9.97 Å². The molecule has 3 N–H and O–H groups in total. The van der Waals surface area contributed by atoms with Gasteiger partial charge in [0.15, 0.2) is 0 Å². The summed E-state index contributed by atoms with van der Waals surface area (Å²) in [5, 5.41) is 8.89. The van der Waals surface area contributed by atoms with E-state index in [1.54, 1.807) is 24.3 Å². The Morgan fingerprint density at radius 3 is 2.41 bits per heavy atom. The predicted molar refractivity (Wildman–Crippen MR) is 107 cm³/mol. The molecule has 0 aliphatic rings. The monoisotopic (exact) mass is 449 g/mol. The molecule has 6 nitrogen and oxygen atoms in total. The quantitative estimate of drug-likeness (QED) is 0.524. The molecule has 10 heteroatoms. The lowest BCUT2D eigenvalue weighted by atomic mass is 10.0. The van der Waals surface area contributed by atoms with Gasteiger partial charge in [-0.25, -0.2) is 14.4 Å². The number of hydrogen-bond acceptors (Lipinski definition) is 5. The number of aliphatic carboxylic acids is 1. The van der Waals surface area contributed by atoms with Gasteiger partial charge in [0.05, 0.1) is 5.69 Å². The van der Waals surface area contributed by atoms with Crippen molar-refractivity contribution in [3.8, 4) is 17.1 Å². The Kier molecular flexibility index (Phi) is 6.73. The van der Waals surface area contributed by atoms with Crippen LogP contribution >= 0.6 is 0 Å². The third-order valence-corrected chi connectivity index (χ3v) is 4.71. The van der Waals surface area contributed by atoms with Crippen molar-refractivity contribution in [3.63, 3.8) is 0 Å². The number of hydrogen-bond donors (Lipinski definition) is 2. The molecule has 0 bridgehead atoms. The molecule has 32 heavy (non-hydrogen) atoms. The molecular weight excluding hydrogens is 430 g/mol. The Hall–Kier alpha value is -3.53. The SMILES string of the molecule is Cc1cc(F)ccc1C(Oc1cc(-c2ccc(C[C@H](N)C(=O)O)cc2)ncn1)C(F)(F)F. The molecular formula is C22H19F4N3O3. The second kappa shape index (κ2) is 9.31. The first-order valence-electron chi connectivity index (χ1n) is 9.44. The molecule has 2 aromatic carbocycles. The van der Waals surface area contributed by atoms with Gasteiger partial charge in [-0.1, -0.05) is 30.3 Å². The number of nitrogens with zero attached hydrogens (tertiary/aromatic N) is 2. The maximum Gasteiger partial charge on any atom is 0.429 e. The van der Waals surface area contributed by atoms with Crippen LogP contribution in [0.25, 0.3) is 11.3 Å². The summed E-state index contributed by atoms with van der Waals surface area (Å²) in [5.74, 6) is -2.08. The van der Waals surface area contributed by atoms with Gasteiger partial charge < -0.3 is 15.6 Å². The molecule has 0 aliphatic carbocycles. The number of halogens is 4. The van der Waals surface area contributed by atoms with Gasteiger partial charge in [0.2, 0.25) is 12.0 Å². The Morgan fingerprint density at radius 1 is 1.12 bits per heavy atom. The number of carbonyl (C=O) groups is 1. The number of aromatic nitrogens is 2. The van der Waals surface area contributed by atoms with Crippen molar-refractivity contribution in [1.29, 1.82) is 0 Å². The first-order valence-corrected chi connectivity index (χ1v) is 9.44. The van der Waals surface area contributed by atoms with E-state index in [0.29, 0.717) is 16.8 Å². The van der Waals surface area contributed by atoms with Gasteiger partial charge >= 0.3 is 12.1 Å². The molecule has 0 aliphatic heterocycles. The molecule has 168 valence electrons. The van der Waals surface area contributed by atoms with E-state index in [4.69, 9.17) is 15.6 Å². The molecule has 0 saturated carbocycles. The summed E-state index contributed by atoms with van der Waals surface area (Å²) in [4.78, 5) is 18.7. The van der Waals surface area contributed by atoms with Crippen LogP contribution in [0.1, 0.15) is 22.8 Å². The summed E-state index contributed by atoms with van der Waals surface area (Å²) in [7, 11) is 0. The van der Waals surface area contributed by atoms with E-state index < -0.39 is 30.1 Å². The largest absolute Gasteiger partial charge is 0.480 e. The topological polar surface area (TPSA) is 98.3 Å². The van der Waals surface area contributed by atoms with Crippen LogP contribution in [-0.4, -0.2) is 33.3 Å². The van der Waals surface area contributed by atoms with Crippen LogP contribution in [0.2, 0.25) is 0 Å². The zero-order chi connectivity index (χ0) is 23.5. The number of alkyl halides is 3. The number of nitrogens with two attached hydrogens (primary N) is 1. The molecule has 2 atom stereocenters. The minimum absolute atomic E-state index is 0.0942. The number of rotatable bonds is 7. The fraction of sp³-hybridized carbons (Fsp3) is 0.227. The maximum atomic E-state index is 13.7. The molecule has 0 spiro atoms. The molecule has 1 unspecified atom stereocenters. The van der Waals surface area contributed by atoms with Crippen LogP contribution in [0.4, 0.5) is 17.6 Å². The highest BCUT2D eigenvalue weighted by Crippen LogP contribution is 2.38. The number of carboxylic acid groups (broad SMARTS) is 1. The highest BCUT2D eigenvalue weighted by Gasteiger charge is 2.44. The van der Waals surface area contributed by atoms with Crippen molar-refractivity contribution in [2.75, 3.05) is 0 Å². The summed E-state index contributed by atoms with van der Waals surface area (Å²) in [6.45, 7) is 1.36. The third-order valence-electron chi connectivity index (χ3n) is 4.71. The Balaban J connectivity index is 1.85. The van der Waals surface area contributed by atoms with Crippen LogP contribution < -0.4 is 10.5 Å². The van der Waals surface area contributed by atoms with Gasteiger partial charge in [0.25, 0.3) is 0 Å². The Labute approximate surface area is 180 Å². The van der Waals surface area contributed by atoms with E-state index >= 15 is 0 Å². The van der Waals surface area contributed by atoms with E-state index in [-0.39, 0.29) is 23.4 Å². The standard InChI is InChI=1S/C22H19F4N3O3/c1-12-8-15(23)6-7-16(12)20(22(24,25)26)32-19-10-18(28-11-29-19)14-4-2-13(3-5-14)9-17(27)21(30)31/h2-8,10-11,17,20H,9,27H2,1H3,(H,30,31)/t17-,20?/m0/s1. The Morgan fingerprint density at radius 2 is 1.81 bits per heavy atom. The van der Waals surface area contributed by atoms with Gasteiger partial charge in [-0.2, -0.15) is 13.2 Å². The molecule has 3 rings (SSSR count). The van der Waals surface area contributed by atoms with E-state index in [1.165, 1.54) is 13.0 Å². The smallest absolute Gasteiger partial charge is 0.429 e. The second-order valence-corrected chi connectivity index (χ2v) is 7.13. The number of ether oxygens (including phenoxy) is 1. The summed E-state index contributed by atoms with van der Waals surface area (Å²) < 4.78 is 59.6. The molecule has 0 saturated heterocycles. The first kappa shape index (κ1) is 23.1. The predicted octanol–water partition coefficient (Wildman–Crippen LogP) is 4.23. The van der Waals surface area contributed by atoms with Crippen LogP contribution in [0.5, 0.6) is 5.88 Å². The van der Waals surface area contributed by atoms with Crippen LogP contribution in [-0.2, 0) is 11.2 Å². The van der Waals surface area contributed by atoms with Gasteiger partial charge in [0, 0.05) is 17.2 Å². The molecule has 0 radical (unpaired) electrons. The maximum absolute atomic E-state index is 13.7. The fourth-order valence-corrected chi connectivity index (χ4v) is 3.08. The average Bonchev–Trinajstić information content (AvgIpc) is 2.72. The number of carboxylic acids is 1. The second-order valence-electron chi connectivity index (χ2n) is 7.13. The average molecular weight is 449 g/mol. The van der Waals surface area contributed by atoms with E-state index in [1.807, 2.05) is 0 Å². The zero-order valence-corrected chi connectivity index (χ0v) is 16.8. The summed E-state index contributed by atoms with van der Waals surface area (Å²) in [6, 6.07) is 9.77. The summed E-state index contributed by atoms with van der Waals surface area (Å²) in [5.41, 5.74) is 6.93. The fourth-order valence-electron chi connectivity index (χ4n) is 3.08. The lowest BCUT2D eigenvalue weighted by Crippen LogP contribution is -2.32. The van der Waals surface area contributed by atoms with Crippen molar-refractivity contribution in [3.05, 3.63) is 77.4 Å². The van der Waals surface area contributed by atoms with Crippen molar-refractivity contribution in [2.45, 2.75) is 31.7 Å². The minimum atomic E-state index is -4.77. The van der Waals surface area contributed by atoms with E-state index in [9.17, 15) is 22.4 Å². The van der Waals surface area contributed by atoms with Gasteiger partial charge in [0.1, 0.15) is 18.2 Å². The van der Waals surface area contributed by atoms with Gasteiger partial charge in [-0.15, -0.1) is 0 Å². The highest BCUT2D eigenvalue weighted by atomic mass is 19.4. The van der Waals surface area contributed by atoms with Gasteiger partial charge in [-0.05, 0) is 36.6 Å². The molecule has 0 amide bonds. The normalized spacial score (nSPS) is 13.4. The molecule has 1 heterocycles. The van der Waals surface area contributed by atoms with Crippen molar-refractivity contribution in [2.24, 2.45) is 5.73 Å². The Bertz CT molecular complexity index is 1100. The van der Waals surface area contributed by atoms with Crippen molar-refractivity contribution < 1.29 is 32.2 Å². The van der Waals surface area contributed by atoms with Crippen LogP contribution in [0.15, 0.2) is 54.9 Å². The summed E-state index contributed by atoms with van der Waals surface area (Å²) in [6.07, 6.45) is -5.91. The molecule has 1 aromatic heterocycles.